The van der Waals surface area contributed by atoms with Crippen LogP contribution in [0.3, 0.4) is 0 Å². The Kier molecular flexibility index (Phi) is 5.16. The van der Waals surface area contributed by atoms with Crippen LogP contribution in [0.5, 0.6) is 11.5 Å². The lowest BCUT2D eigenvalue weighted by molar-refractivity contribution is 0.241. The number of benzene rings is 2. The molecule has 2 rings (SSSR count). The van der Waals surface area contributed by atoms with E-state index in [0.29, 0.717) is 30.9 Å². The van der Waals surface area contributed by atoms with E-state index in [-0.39, 0.29) is 11.6 Å². The van der Waals surface area contributed by atoms with Crippen molar-refractivity contribution >= 4 is 0 Å². The summed E-state index contributed by atoms with van der Waals surface area (Å²) in [4.78, 5) is 0. The molecule has 0 heterocycles. The third-order valence-corrected chi connectivity index (χ3v) is 2.89. The van der Waals surface area contributed by atoms with Gasteiger partial charge < -0.3 is 9.47 Å². The Hall–Kier alpha value is -2.54. The van der Waals surface area contributed by atoms with Crippen LogP contribution in [-0.4, -0.2) is 13.2 Å². The maximum atomic E-state index is 13.4. The minimum atomic E-state index is -0.353. The summed E-state index contributed by atoms with van der Waals surface area (Å²) in [7, 11) is 0. The maximum absolute atomic E-state index is 13.4. The lowest BCUT2D eigenvalue weighted by Crippen LogP contribution is -2.06. The van der Waals surface area contributed by atoms with E-state index < -0.39 is 0 Å². The molecule has 0 aliphatic rings. The van der Waals surface area contributed by atoms with Gasteiger partial charge in [-0.25, -0.2) is 4.39 Å². The van der Waals surface area contributed by atoms with Gasteiger partial charge >= 0.3 is 0 Å². The molecule has 0 radical (unpaired) electrons. The maximum Gasteiger partial charge on any atom is 0.165 e. The number of nitrogens with zero attached hydrogens (tertiary/aromatic N) is 1. The molecule has 0 bridgehead atoms. The molecule has 0 saturated carbocycles. The molecule has 0 unspecified atom stereocenters. The summed E-state index contributed by atoms with van der Waals surface area (Å²) in [5.74, 6) is 0.623. The Morgan fingerprint density at radius 2 is 1.76 bits per heavy atom. The van der Waals surface area contributed by atoms with Gasteiger partial charge in [0, 0.05) is 6.42 Å². The van der Waals surface area contributed by atoms with Gasteiger partial charge in [0.15, 0.2) is 11.6 Å². The largest absolute Gasteiger partial charge is 0.493 e. The van der Waals surface area contributed by atoms with Crippen LogP contribution in [-0.2, 0) is 0 Å². The van der Waals surface area contributed by atoms with Crippen LogP contribution in [0.2, 0.25) is 0 Å². The van der Waals surface area contributed by atoms with E-state index in [1.165, 1.54) is 6.07 Å². The molecular weight excluding hydrogens is 269 g/mol. The van der Waals surface area contributed by atoms with Gasteiger partial charge in [-0.15, -0.1) is 0 Å². The molecule has 4 heteroatoms. The predicted octanol–water partition coefficient (Wildman–Crippen LogP) is 3.85. The normalized spacial score (nSPS) is 9.95. The van der Waals surface area contributed by atoms with E-state index in [1.807, 2.05) is 13.0 Å². The number of hydrogen-bond acceptors (Lipinski definition) is 3. The molecule has 0 aromatic heterocycles. The molecule has 2 aromatic rings. The van der Waals surface area contributed by atoms with E-state index in [0.717, 1.165) is 5.56 Å². The highest BCUT2D eigenvalue weighted by molar-refractivity contribution is 5.34. The highest BCUT2D eigenvalue weighted by Crippen LogP contribution is 2.18. The van der Waals surface area contributed by atoms with Crippen molar-refractivity contribution in [2.45, 2.75) is 13.3 Å². The quantitative estimate of drug-likeness (QED) is 0.757. The number of aryl methyl sites for hydroxylation is 1. The molecule has 2 aromatic carbocycles. The van der Waals surface area contributed by atoms with Gasteiger partial charge in [0.05, 0.1) is 24.8 Å². The van der Waals surface area contributed by atoms with E-state index in [2.05, 4.69) is 0 Å². The second-order valence-corrected chi connectivity index (χ2v) is 4.62. The zero-order valence-electron chi connectivity index (χ0n) is 11.8. The molecule has 0 aliphatic heterocycles. The number of ether oxygens (including phenoxy) is 2. The van der Waals surface area contributed by atoms with Crippen LogP contribution in [0.1, 0.15) is 17.5 Å². The number of halogens is 1. The van der Waals surface area contributed by atoms with Gasteiger partial charge in [0.1, 0.15) is 5.75 Å². The third-order valence-electron chi connectivity index (χ3n) is 2.89. The lowest BCUT2D eigenvalue weighted by Gasteiger charge is -2.09. The predicted molar refractivity (Wildman–Crippen MR) is 77.9 cm³/mol. The minimum absolute atomic E-state index is 0.272. The van der Waals surface area contributed by atoms with Gasteiger partial charge in [-0.1, -0.05) is 6.07 Å². The van der Waals surface area contributed by atoms with Crippen molar-refractivity contribution in [3.05, 3.63) is 59.4 Å². The van der Waals surface area contributed by atoms with Crippen molar-refractivity contribution in [2.75, 3.05) is 13.2 Å². The summed E-state index contributed by atoms with van der Waals surface area (Å²) in [6.07, 6.45) is 0.646. The Morgan fingerprint density at radius 1 is 1.05 bits per heavy atom. The molecule has 0 N–H and O–H groups in total. The lowest BCUT2D eigenvalue weighted by atomic mass is 10.2. The number of nitriles is 1. The molecule has 0 fully saturated rings. The second kappa shape index (κ2) is 7.30. The van der Waals surface area contributed by atoms with Gasteiger partial charge in [0.25, 0.3) is 0 Å². The van der Waals surface area contributed by atoms with Gasteiger partial charge in [-0.05, 0) is 48.9 Å². The first-order valence-electron chi connectivity index (χ1n) is 6.71. The minimum Gasteiger partial charge on any atom is -0.493 e. The van der Waals surface area contributed by atoms with Crippen LogP contribution in [0.4, 0.5) is 4.39 Å². The first-order valence-corrected chi connectivity index (χ1v) is 6.71. The Morgan fingerprint density at radius 3 is 2.48 bits per heavy atom. The SMILES string of the molecule is Cc1ccc(F)c(OCCCOc2ccc(C#N)cc2)c1. The number of hydrogen-bond donors (Lipinski definition) is 0. The third kappa shape index (κ3) is 4.50. The van der Waals surface area contributed by atoms with Crippen LogP contribution >= 0.6 is 0 Å². The molecule has 0 aliphatic carbocycles. The molecule has 0 atom stereocenters. The van der Waals surface area contributed by atoms with E-state index >= 15 is 0 Å². The monoisotopic (exact) mass is 285 g/mol. The van der Waals surface area contributed by atoms with Crippen LogP contribution in [0.25, 0.3) is 0 Å². The average Bonchev–Trinajstić information content (AvgIpc) is 2.51. The Bertz CT molecular complexity index is 632. The summed E-state index contributed by atoms with van der Waals surface area (Å²) < 4.78 is 24.3. The standard InChI is InChI=1S/C17H16FNO2/c1-13-3-8-16(18)17(11-13)21-10-2-9-20-15-6-4-14(12-19)5-7-15/h3-8,11H,2,9-10H2,1H3. The van der Waals surface area contributed by atoms with Crippen LogP contribution < -0.4 is 9.47 Å². The zero-order valence-corrected chi connectivity index (χ0v) is 11.8. The molecule has 108 valence electrons. The van der Waals surface area contributed by atoms with Gasteiger partial charge in [-0.3, -0.25) is 0 Å². The van der Waals surface area contributed by atoms with Crippen molar-refractivity contribution in [1.29, 1.82) is 5.26 Å². The van der Waals surface area contributed by atoms with E-state index in [4.69, 9.17) is 14.7 Å². The fourth-order valence-corrected chi connectivity index (χ4v) is 1.78. The van der Waals surface area contributed by atoms with Crippen molar-refractivity contribution in [3.63, 3.8) is 0 Å². The molecule has 0 saturated heterocycles. The first-order chi connectivity index (χ1) is 10.2. The highest BCUT2D eigenvalue weighted by atomic mass is 19.1. The summed E-state index contributed by atoms with van der Waals surface area (Å²) in [5, 5.41) is 8.69. The second-order valence-electron chi connectivity index (χ2n) is 4.62. The van der Waals surface area contributed by atoms with E-state index in [9.17, 15) is 4.39 Å². The highest BCUT2D eigenvalue weighted by Gasteiger charge is 2.03. The smallest absolute Gasteiger partial charge is 0.165 e. The fourth-order valence-electron chi connectivity index (χ4n) is 1.78. The molecule has 3 nitrogen and oxygen atoms in total. The fraction of sp³-hybridized carbons (Fsp3) is 0.235. The van der Waals surface area contributed by atoms with Crippen LogP contribution in [0.15, 0.2) is 42.5 Å². The number of rotatable bonds is 6. The molecule has 0 amide bonds. The summed E-state index contributed by atoms with van der Waals surface area (Å²) >= 11 is 0. The van der Waals surface area contributed by atoms with Crippen molar-refractivity contribution in [2.24, 2.45) is 0 Å². The van der Waals surface area contributed by atoms with E-state index in [1.54, 1.807) is 36.4 Å². The summed E-state index contributed by atoms with van der Waals surface area (Å²) in [5.41, 5.74) is 1.56. The average molecular weight is 285 g/mol. The molecule has 0 spiro atoms. The summed E-state index contributed by atoms with van der Waals surface area (Å²) in [6.45, 7) is 2.75. The van der Waals surface area contributed by atoms with Gasteiger partial charge in [-0.2, -0.15) is 5.26 Å². The Labute approximate surface area is 123 Å². The summed E-state index contributed by atoms with van der Waals surface area (Å²) in [6, 6.07) is 13.7. The zero-order chi connectivity index (χ0) is 15.1. The first kappa shape index (κ1) is 14.9. The van der Waals surface area contributed by atoms with Gasteiger partial charge in [0.2, 0.25) is 0 Å². The van der Waals surface area contributed by atoms with Crippen molar-refractivity contribution < 1.29 is 13.9 Å². The molecular formula is C17H16FNO2. The van der Waals surface area contributed by atoms with Crippen molar-refractivity contribution in [3.8, 4) is 17.6 Å². The molecule has 21 heavy (non-hydrogen) atoms. The van der Waals surface area contributed by atoms with Crippen molar-refractivity contribution in [1.82, 2.24) is 0 Å². The van der Waals surface area contributed by atoms with Crippen LogP contribution in [0, 0.1) is 24.1 Å². The Balaban J connectivity index is 1.72. The topological polar surface area (TPSA) is 42.2 Å².